The minimum Gasteiger partial charge on any atom is -0.339 e. The van der Waals surface area contributed by atoms with E-state index in [2.05, 4.69) is 29.2 Å². The number of aliphatic imine (C=N–C) groups is 1. The standard InChI is InChI=1S/C11H24N4/c1-3-5-8-13-11(14-12)15-9-6-7-10(15)4-2/h10H,3-9,12H2,1-2H3,(H,13,14). The molecule has 4 nitrogen and oxygen atoms in total. The second-order valence-corrected chi connectivity index (χ2v) is 4.10. The SMILES string of the molecule is CCCCN=C(NN)N1CCCC1CC. The quantitative estimate of drug-likeness (QED) is 0.244. The van der Waals surface area contributed by atoms with Crippen LogP contribution in [-0.4, -0.2) is 30.0 Å². The Morgan fingerprint density at radius 3 is 2.93 bits per heavy atom. The molecular formula is C11H24N4. The van der Waals surface area contributed by atoms with E-state index < -0.39 is 0 Å². The molecule has 1 atom stereocenters. The number of hydrogen-bond acceptors (Lipinski definition) is 2. The molecule has 0 aliphatic carbocycles. The van der Waals surface area contributed by atoms with Gasteiger partial charge in [0.1, 0.15) is 0 Å². The van der Waals surface area contributed by atoms with Gasteiger partial charge >= 0.3 is 0 Å². The van der Waals surface area contributed by atoms with Crippen LogP contribution in [0.2, 0.25) is 0 Å². The highest BCUT2D eigenvalue weighted by atomic mass is 15.4. The topological polar surface area (TPSA) is 53.6 Å². The van der Waals surface area contributed by atoms with Gasteiger partial charge in [0.2, 0.25) is 5.96 Å². The van der Waals surface area contributed by atoms with E-state index in [0.717, 1.165) is 25.5 Å². The number of nitrogens with one attached hydrogen (secondary N) is 1. The largest absolute Gasteiger partial charge is 0.339 e. The fourth-order valence-corrected chi connectivity index (χ4v) is 2.10. The van der Waals surface area contributed by atoms with Crippen molar-refractivity contribution >= 4 is 5.96 Å². The lowest BCUT2D eigenvalue weighted by molar-refractivity contribution is 0.366. The summed E-state index contributed by atoms with van der Waals surface area (Å²) in [6.07, 6.45) is 6.01. The van der Waals surface area contributed by atoms with Crippen LogP contribution in [0, 0.1) is 0 Å². The molecule has 0 aromatic heterocycles. The zero-order valence-corrected chi connectivity index (χ0v) is 10.00. The number of likely N-dealkylation sites (tertiary alicyclic amines) is 1. The van der Waals surface area contributed by atoms with E-state index in [4.69, 9.17) is 5.84 Å². The summed E-state index contributed by atoms with van der Waals surface area (Å²) in [6, 6.07) is 0.626. The van der Waals surface area contributed by atoms with Crippen LogP contribution in [0.1, 0.15) is 46.0 Å². The molecule has 0 saturated carbocycles. The van der Waals surface area contributed by atoms with Gasteiger partial charge in [-0.2, -0.15) is 0 Å². The van der Waals surface area contributed by atoms with E-state index in [0.29, 0.717) is 6.04 Å². The Kier molecular flexibility index (Phi) is 5.47. The van der Waals surface area contributed by atoms with Crippen LogP contribution in [-0.2, 0) is 0 Å². The maximum atomic E-state index is 5.53. The molecule has 15 heavy (non-hydrogen) atoms. The van der Waals surface area contributed by atoms with Crippen LogP contribution in [0.25, 0.3) is 0 Å². The number of rotatable bonds is 4. The molecule has 1 heterocycles. The van der Waals surface area contributed by atoms with Crippen molar-refractivity contribution in [3.63, 3.8) is 0 Å². The summed E-state index contributed by atoms with van der Waals surface area (Å²) in [5.41, 5.74) is 2.74. The first-order valence-corrected chi connectivity index (χ1v) is 6.11. The van der Waals surface area contributed by atoms with Crippen molar-refractivity contribution in [1.82, 2.24) is 10.3 Å². The highest BCUT2D eigenvalue weighted by Crippen LogP contribution is 2.19. The van der Waals surface area contributed by atoms with E-state index in [-0.39, 0.29) is 0 Å². The Hall–Kier alpha value is -0.770. The Morgan fingerprint density at radius 2 is 2.33 bits per heavy atom. The fraction of sp³-hybridized carbons (Fsp3) is 0.909. The van der Waals surface area contributed by atoms with Gasteiger partial charge in [-0.15, -0.1) is 0 Å². The van der Waals surface area contributed by atoms with E-state index >= 15 is 0 Å². The molecule has 1 aliphatic heterocycles. The molecule has 1 unspecified atom stereocenters. The third kappa shape index (κ3) is 3.38. The lowest BCUT2D eigenvalue weighted by atomic mass is 10.2. The van der Waals surface area contributed by atoms with Gasteiger partial charge in [-0.1, -0.05) is 20.3 Å². The number of unbranched alkanes of at least 4 members (excludes halogenated alkanes) is 1. The van der Waals surface area contributed by atoms with Crippen LogP contribution < -0.4 is 11.3 Å². The molecule has 0 radical (unpaired) electrons. The second kappa shape index (κ2) is 6.67. The van der Waals surface area contributed by atoms with Crippen molar-refractivity contribution in [3.05, 3.63) is 0 Å². The Balaban J connectivity index is 2.52. The van der Waals surface area contributed by atoms with Crippen LogP contribution >= 0.6 is 0 Å². The van der Waals surface area contributed by atoms with Crippen LogP contribution in [0.15, 0.2) is 4.99 Å². The van der Waals surface area contributed by atoms with Gasteiger partial charge in [0.15, 0.2) is 0 Å². The van der Waals surface area contributed by atoms with Crippen molar-refractivity contribution < 1.29 is 0 Å². The predicted octanol–water partition coefficient (Wildman–Crippen LogP) is 1.48. The molecule has 1 aliphatic rings. The number of nitrogens with zero attached hydrogens (tertiary/aromatic N) is 2. The molecule has 1 saturated heterocycles. The molecule has 1 rings (SSSR count). The van der Waals surface area contributed by atoms with Gasteiger partial charge < -0.3 is 4.90 Å². The lowest BCUT2D eigenvalue weighted by Crippen LogP contribution is -2.47. The highest BCUT2D eigenvalue weighted by molar-refractivity contribution is 5.80. The molecule has 0 amide bonds. The Morgan fingerprint density at radius 1 is 1.53 bits per heavy atom. The summed E-state index contributed by atoms with van der Waals surface area (Å²) in [5.74, 6) is 6.41. The molecule has 1 fully saturated rings. The fourth-order valence-electron chi connectivity index (χ4n) is 2.10. The van der Waals surface area contributed by atoms with Crippen molar-refractivity contribution in [1.29, 1.82) is 0 Å². The molecule has 0 aromatic rings. The summed E-state index contributed by atoms with van der Waals surface area (Å²) < 4.78 is 0. The molecule has 4 heteroatoms. The summed E-state index contributed by atoms with van der Waals surface area (Å²) >= 11 is 0. The summed E-state index contributed by atoms with van der Waals surface area (Å²) in [5, 5.41) is 0. The predicted molar refractivity (Wildman–Crippen MR) is 64.6 cm³/mol. The number of hydrogen-bond donors (Lipinski definition) is 2. The van der Waals surface area contributed by atoms with Gasteiger partial charge in [0.25, 0.3) is 0 Å². The van der Waals surface area contributed by atoms with Crippen molar-refractivity contribution in [2.24, 2.45) is 10.8 Å². The van der Waals surface area contributed by atoms with Crippen LogP contribution in [0.4, 0.5) is 0 Å². The maximum Gasteiger partial charge on any atom is 0.208 e. The molecule has 88 valence electrons. The van der Waals surface area contributed by atoms with Crippen LogP contribution in [0.3, 0.4) is 0 Å². The first-order valence-electron chi connectivity index (χ1n) is 6.11. The molecular weight excluding hydrogens is 188 g/mol. The summed E-state index contributed by atoms with van der Waals surface area (Å²) in [4.78, 5) is 6.83. The van der Waals surface area contributed by atoms with E-state index in [1.54, 1.807) is 0 Å². The van der Waals surface area contributed by atoms with Gasteiger partial charge in [-0.3, -0.25) is 10.4 Å². The van der Waals surface area contributed by atoms with Gasteiger partial charge in [0.05, 0.1) is 0 Å². The first-order chi connectivity index (χ1) is 7.33. The van der Waals surface area contributed by atoms with E-state index in [9.17, 15) is 0 Å². The first kappa shape index (κ1) is 12.3. The monoisotopic (exact) mass is 212 g/mol. The number of nitrogens with two attached hydrogens (primary N) is 1. The lowest BCUT2D eigenvalue weighted by Gasteiger charge is -2.26. The summed E-state index contributed by atoms with van der Waals surface area (Å²) in [6.45, 7) is 6.37. The summed E-state index contributed by atoms with van der Waals surface area (Å²) in [7, 11) is 0. The van der Waals surface area contributed by atoms with Crippen molar-refractivity contribution in [2.75, 3.05) is 13.1 Å². The zero-order chi connectivity index (χ0) is 11.1. The Bertz CT molecular complexity index is 203. The second-order valence-electron chi connectivity index (χ2n) is 4.10. The Labute approximate surface area is 92.9 Å². The van der Waals surface area contributed by atoms with Crippen molar-refractivity contribution in [3.8, 4) is 0 Å². The third-order valence-corrected chi connectivity index (χ3v) is 3.02. The minimum atomic E-state index is 0.626. The highest BCUT2D eigenvalue weighted by Gasteiger charge is 2.25. The average molecular weight is 212 g/mol. The van der Waals surface area contributed by atoms with Gasteiger partial charge in [-0.25, -0.2) is 5.84 Å². The van der Waals surface area contributed by atoms with E-state index in [1.165, 1.54) is 25.7 Å². The molecule has 0 aromatic carbocycles. The smallest absolute Gasteiger partial charge is 0.208 e. The molecule has 3 N–H and O–H groups in total. The van der Waals surface area contributed by atoms with Gasteiger partial charge in [-0.05, 0) is 25.7 Å². The average Bonchev–Trinajstić information content (AvgIpc) is 2.72. The van der Waals surface area contributed by atoms with Gasteiger partial charge in [0, 0.05) is 19.1 Å². The number of guanidine groups is 1. The number of hydrazine groups is 1. The minimum absolute atomic E-state index is 0.626. The van der Waals surface area contributed by atoms with E-state index in [1.807, 2.05) is 0 Å². The molecule has 0 bridgehead atoms. The maximum absolute atomic E-state index is 5.53. The third-order valence-electron chi connectivity index (χ3n) is 3.02. The normalized spacial score (nSPS) is 22.2. The zero-order valence-electron chi connectivity index (χ0n) is 10.00. The molecule has 0 spiro atoms. The van der Waals surface area contributed by atoms with Crippen molar-refractivity contribution in [2.45, 2.75) is 52.0 Å². The van der Waals surface area contributed by atoms with Crippen LogP contribution in [0.5, 0.6) is 0 Å².